The predicted molar refractivity (Wildman–Crippen MR) is 60.9 cm³/mol. The summed E-state index contributed by atoms with van der Waals surface area (Å²) in [5, 5.41) is 0. The van der Waals surface area contributed by atoms with Crippen LogP contribution in [-0.4, -0.2) is 0 Å². The number of aryl methyl sites for hydroxylation is 1. The summed E-state index contributed by atoms with van der Waals surface area (Å²) in [4.78, 5) is 0. The minimum Gasteiger partial charge on any atom is -0.396 e. The first kappa shape index (κ1) is 11.5. The monoisotopic (exact) mass is 237 g/mol. The topological polar surface area (TPSA) is 26.0 Å². The first-order valence-corrected chi connectivity index (χ1v) is 5.01. The molecule has 0 atom stereocenters. The maximum absolute atomic E-state index is 13.7. The molecular weight excluding hydrogens is 227 g/mol. The van der Waals surface area contributed by atoms with E-state index in [9.17, 15) is 13.2 Å². The molecule has 2 aromatic rings. The Morgan fingerprint density at radius 1 is 0.882 bits per heavy atom. The third-order valence-electron chi connectivity index (χ3n) is 2.62. The SMILES string of the molecule is Cc1ccc(-c2cccc(F)c2N)c(F)c1F. The number of nitrogens with two attached hydrogens (primary N) is 1. The molecule has 88 valence electrons. The molecule has 0 aliphatic rings. The van der Waals surface area contributed by atoms with E-state index >= 15 is 0 Å². The number of halogens is 3. The number of hydrogen-bond donors (Lipinski definition) is 1. The average Bonchev–Trinajstić information content (AvgIpc) is 2.31. The van der Waals surface area contributed by atoms with E-state index in [2.05, 4.69) is 0 Å². The molecule has 2 N–H and O–H groups in total. The Kier molecular flexibility index (Phi) is 2.79. The van der Waals surface area contributed by atoms with Crippen molar-refractivity contribution in [2.45, 2.75) is 6.92 Å². The lowest BCUT2D eigenvalue weighted by atomic mass is 10.0. The van der Waals surface area contributed by atoms with Crippen LogP contribution in [0.3, 0.4) is 0 Å². The summed E-state index contributed by atoms with van der Waals surface area (Å²) < 4.78 is 40.3. The lowest BCUT2D eigenvalue weighted by Crippen LogP contribution is -1.98. The van der Waals surface area contributed by atoms with Crippen molar-refractivity contribution in [2.75, 3.05) is 5.73 Å². The second kappa shape index (κ2) is 4.13. The molecule has 2 aromatic carbocycles. The van der Waals surface area contributed by atoms with Crippen LogP contribution in [-0.2, 0) is 0 Å². The zero-order chi connectivity index (χ0) is 12.6. The van der Waals surface area contributed by atoms with Crippen molar-refractivity contribution < 1.29 is 13.2 Å². The van der Waals surface area contributed by atoms with Gasteiger partial charge in [-0.25, -0.2) is 13.2 Å². The van der Waals surface area contributed by atoms with Crippen LogP contribution < -0.4 is 5.73 Å². The molecule has 0 aromatic heterocycles. The maximum Gasteiger partial charge on any atom is 0.166 e. The van der Waals surface area contributed by atoms with Gasteiger partial charge in [-0.15, -0.1) is 0 Å². The van der Waals surface area contributed by atoms with Gasteiger partial charge in [-0.3, -0.25) is 0 Å². The van der Waals surface area contributed by atoms with Crippen molar-refractivity contribution in [1.82, 2.24) is 0 Å². The Labute approximate surface area is 96.7 Å². The van der Waals surface area contributed by atoms with E-state index in [4.69, 9.17) is 5.73 Å². The van der Waals surface area contributed by atoms with Crippen LogP contribution in [0.4, 0.5) is 18.9 Å². The van der Waals surface area contributed by atoms with Crippen molar-refractivity contribution in [2.24, 2.45) is 0 Å². The highest BCUT2D eigenvalue weighted by Crippen LogP contribution is 2.31. The van der Waals surface area contributed by atoms with Crippen molar-refractivity contribution in [3.63, 3.8) is 0 Å². The first-order valence-electron chi connectivity index (χ1n) is 5.01. The van der Waals surface area contributed by atoms with E-state index in [1.165, 1.54) is 37.3 Å². The van der Waals surface area contributed by atoms with Gasteiger partial charge in [-0.2, -0.15) is 0 Å². The summed E-state index contributed by atoms with van der Waals surface area (Å²) in [5.41, 5.74) is 5.63. The molecule has 1 nitrogen and oxygen atoms in total. The van der Waals surface area contributed by atoms with Crippen molar-refractivity contribution in [3.8, 4) is 11.1 Å². The van der Waals surface area contributed by atoms with Gasteiger partial charge in [0, 0.05) is 11.1 Å². The van der Waals surface area contributed by atoms with Crippen LogP contribution in [0.15, 0.2) is 30.3 Å². The molecule has 0 amide bonds. The van der Waals surface area contributed by atoms with Gasteiger partial charge in [-0.05, 0) is 18.6 Å². The van der Waals surface area contributed by atoms with E-state index in [1.807, 2.05) is 0 Å². The van der Waals surface area contributed by atoms with Gasteiger partial charge in [0.1, 0.15) is 5.82 Å². The van der Waals surface area contributed by atoms with Gasteiger partial charge in [0.25, 0.3) is 0 Å². The van der Waals surface area contributed by atoms with Crippen LogP contribution in [0.2, 0.25) is 0 Å². The first-order chi connectivity index (χ1) is 8.02. The fourth-order valence-electron chi connectivity index (χ4n) is 1.63. The summed E-state index contributed by atoms with van der Waals surface area (Å²) in [5.74, 6) is -2.60. The maximum atomic E-state index is 13.7. The molecule has 0 unspecified atom stereocenters. The quantitative estimate of drug-likeness (QED) is 0.752. The molecule has 0 heterocycles. The molecule has 0 spiro atoms. The van der Waals surface area contributed by atoms with Crippen LogP contribution in [0.25, 0.3) is 11.1 Å². The van der Waals surface area contributed by atoms with E-state index in [-0.39, 0.29) is 22.4 Å². The molecule has 2 rings (SSSR count). The van der Waals surface area contributed by atoms with Gasteiger partial charge < -0.3 is 5.73 Å². The molecule has 0 saturated heterocycles. The standard InChI is InChI=1S/C13H10F3N/c1-7-5-6-8(12(16)11(7)15)9-3-2-4-10(14)13(9)17/h2-6H,17H2,1H3. The number of nitrogen functional groups attached to an aromatic ring is 1. The normalized spacial score (nSPS) is 10.6. The lowest BCUT2D eigenvalue weighted by Gasteiger charge is -2.09. The Morgan fingerprint density at radius 3 is 2.29 bits per heavy atom. The molecule has 0 bridgehead atoms. The molecule has 4 heteroatoms. The summed E-state index contributed by atoms with van der Waals surface area (Å²) in [7, 11) is 0. The van der Waals surface area contributed by atoms with Crippen LogP contribution in [0.1, 0.15) is 5.56 Å². The lowest BCUT2D eigenvalue weighted by molar-refractivity contribution is 0.505. The predicted octanol–water partition coefficient (Wildman–Crippen LogP) is 3.66. The fraction of sp³-hybridized carbons (Fsp3) is 0.0769. The van der Waals surface area contributed by atoms with Gasteiger partial charge in [0.2, 0.25) is 0 Å². The van der Waals surface area contributed by atoms with Crippen LogP contribution in [0.5, 0.6) is 0 Å². The molecule has 0 saturated carbocycles. The molecule has 0 fully saturated rings. The molecule has 17 heavy (non-hydrogen) atoms. The number of hydrogen-bond acceptors (Lipinski definition) is 1. The highest BCUT2D eigenvalue weighted by molar-refractivity contribution is 5.77. The smallest absolute Gasteiger partial charge is 0.166 e. The summed E-state index contributed by atoms with van der Waals surface area (Å²) in [6.45, 7) is 1.46. The van der Waals surface area contributed by atoms with Crippen molar-refractivity contribution in [3.05, 3.63) is 53.3 Å². The Morgan fingerprint density at radius 2 is 1.59 bits per heavy atom. The zero-order valence-corrected chi connectivity index (χ0v) is 9.10. The minimum absolute atomic E-state index is 0.0369. The van der Waals surface area contributed by atoms with E-state index in [0.717, 1.165) is 0 Å². The van der Waals surface area contributed by atoms with Crippen LogP contribution in [0, 0.1) is 24.4 Å². The minimum atomic E-state index is -1.01. The summed E-state index contributed by atoms with van der Waals surface area (Å²) in [6, 6.07) is 6.84. The van der Waals surface area contributed by atoms with E-state index in [0.29, 0.717) is 0 Å². The highest BCUT2D eigenvalue weighted by atomic mass is 19.2. The third-order valence-corrected chi connectivity index (χ3v) is 2.62. The molecule has 0 radical (unpaired) electrons. The highest BCUT2D eigenvalue weighted by Gasteiger charge is 2.15. The Bertz CT molecular complexity index is 579. The van der Waals surface area contributed by atoms with Gasteiger partial charge in [-0.1, -0.05) is 24.3 Å². The molecular formula is C13H10F3N. The second-order valence-electron chi connectivity index (χ2n) is 3.76. The molecule has 0 aliphatic heterocycles. The van der Waals surface area contributed by atoms with Gasteiger partial charge >= 0.3 is 0 Å². The van der Waals surface area contributed by atoms with Crippen molar-refractivity contribution in [1.29, 1.82) is 0 Å². The number of anilines is 1. The second-order valence-corrected chi connectivity index (χ2v) is 3.76. The Hall–Kier alpha value is -1.97. The Balaban J connectivity index is 2.69. The van der Waals surface area contributed by atoms with E-state index in [1.54, 1.807) is 0 Å². The van der Waals surface area contributed by atoms with E-state index < -0.39 is 17.5 Å². The summed E-state index contributed by atoms with van der Waals surface area (Å²) >= 11 is 0. The summed E-state index contributed by atoms with van der Waals surface area (Å²) in [6.07, 6.45) is 0. The largest absolute Gasteiger partial charge is 0.396 e. The van der Waals surface area contributed by atoms with Gasteiger partial charge in [0.15, 0.2) is 11.6 Å². The number of para-hydroxylation sites is 1. The average molecular weight is 237 g/mol. The third kappa shape index (κ3) is 1.86. The number of benzene rings is 2. The van der Waals surface area contributed by atoms with Crippen LogP contribution >= 0.6 is 0 Å². The number of rotatable bonds is 1. The fourth-order valence-corrected chi connectivity index (χ4v) is 1.63. The van der Waals surface area contributed by atoms with Gasteiger partial charge in [0.05, 0.1) is 5.69 Å². The zero-order valence-electron chi connectivity index (χ0n) is 9.10. The molecule has 0 aliphatic carbocycles. The van der Waals surface area contributed by atoms with Crippen molar-refractivity contribution >= 4 is 5.69 Å².